The smallest absolute Gasteiger partial charge is 0.327 e. The molecule has 0 heterocycles. The molecule has 0 saturated heterocycles. The lowest BCUT2D eigenvalue weighted by Crippen LogP contribution is -2.57. The van der Waals surface area contributed by atoms with E-state index in [1.165, 1.54) is 20.0 Å². The SMILES string of the molecule is COC(=O)C(CSCCCO)(NC1CC1)C1CC1. The second-order valence-electron chi connectivity index (χ2n) is 5.29. The maximum Gasteiger partial charge on any atom is 0.327 e. The van der Waals surface area contributed by atoms with Crippen LogP contribution in [-0.2, 0) is 9.53 Å². The van der Waals surface area contributed by atoms with Crippen molar-refractivity contribution in [3.63, 3.8) is 0 Å². The highest BCUT2D eigenvalue weighted by Crippen LogP contribution is 2.44. The minimum Gasteiger partial charge on any atom is -0.468 e. The van der Waals surface area contributed by atoms with Crippen LogP contribution >= 0.6 is 11.8 Å². The molecule has 0 aromatic heterocycles. The zero-order valence-corrected chi connectivity index (χ0v) is 11.8. The lowest BCUT2D eigenvalue weighted by atomic mass is 9.95. The summed E-state index contributed by atoms with van der Waals surface area (Å²) < 4.78 is 5.04. The van der Waals surface area contributed by atoms with Gasteiger partial charge in [0.2, 0.25) is 0 Å². The Kier molecular flexibility index (Phi) is 4.92. The molecule has 4 nitrogen and oxygen atoms in total. The minimum absolute atomic E-state index is 0.103. The molecule has 2 aliphatic carbocycles. The van der Waals surface area contributed by atoms with Crippen molar-refractivity contribution < 1.29 is 14.6 Å². The summed E-state index contributed by atoms with van der Waals surface area (Å²) >= 11 is 1.74. The van der Waals surface area contributed by atoms with Gasteiger partial charge in [-0.1, -0.05) is 0 Å². The summed E-state index contributed by atoms with van der Waals surface area (Å²) in [5.74, 6) is 2.00. The third-order valence-corrected chi connectivity index (χ3v) is 4.88. The van der Waals surface area contributed by atoms with E-state index < -0.39 is 5.54 Å². The first-order valence-electron chi connectivity index (χ1n) is 6.77. The molecule has 2 saturated carbocycles. The van der Waals surface area contributed by atoms with Gasteiger partial charge in [-0.2, -0.15) is 11.8 Å². The van der Waals surface area contributed by atoms with E-state index in [2.05, 4.69) is 5.32 Å². The molecule has 1 atom stereocenters. The fourth-order valence-corrected chi connectivity index (χ4v) is 3.55. The Labute approximate surface area is 113 Å². The zero-order valence-electron chi connectivity index (χ0n) is 11.0. The van der Waals surface area contributed by atoms with E-state index >= 15 is 0 Å². The molecule has 2 aliphatic rings. The maximum absolute atomic E-state index is 12.2. The molecular formula is C13H23NO3S. The fourth-order valence-electron chi connectivity index (χ4n) is 2.31. The van der Waals surface area contributed by atoms with E-state index in [4.69, 9.17) is 9.84 Å². The number of nitrogens with one attached hydrogen (secondary N) is 1. The van der Waals surface area contributed by atoms with E-state index in [0.29, 0.717) is 12.0 Å². The van der Waals surface area contributed by atoms with Crippen LogP contribution in [0.3, 0.4) is 0 Å². The summed E-state index contributed by atoms with van der Waals surface area (Å²) in [6, 6.07) is 0.503. The predicted molar refractivity (Wildman–Crippen MR) is 72.7 cm³/mol. The molecule has 0 aromatic carbocycles. The predicted octanol–water partition coefficient (Wildman–Crippen LogP) is 1.18. The molecule has 0 aromatic rings. The highest BCUT2D eigenvalue weighted by atomic mass is 32.2. The topological polar surface area (TPSA) is 58.6 Å². The first-order chi connectivity index (χ1) is 8.73. The van der Waals surface area contributed by atoms with Gasteiger partial charge >= 0.3 is 5.97 Å². The molecule has 2 rings (SSSR count). The summed E-state index contributed by atoms with van der Waals surface area (Å²) in [7, 11) is 1.48. The second kappa shape index (κ2) is 6.26. The summed E-state index contributed by atoms with van der Waals surface area (Å²) in [6.45, 7) is 0.220. The number of ether oxygens (including phenoxy) is 1. The lowest BCUT2D eigenvalue weighted by molar-refractivity contribution is -0.148. The van der Waals surface area contributed by atoms with Gasteiger partial charge in [0.25, 0.3) is 0 Å². The number of hydrogen-bond acceptors (Lipinski definition) is 5. The van der Waals surface area contributed by atoms with Gasteiger partial charge in [0.15, 0.2) is 0 Å². The Hall–Kier alpha value is -0.260. The van der Waals surface area contributed by atoms with E-state index in [0.717, 1.165) is 30.8 Å². The van der Waals surface area contributed by atoms with E-state index in [1.807, 2.05) is 0 Å². The summed E-state index contributed by atoms with van der Waals surface area (Å²) in [6.07, 6.45) is 5.38. The lowest BCUT2D eigenvalue weighted by Gasteiger charge is -2.32. The van der Waals surface area contributed by atoms with Crippen LogP contribution in [0.1, 0.15) is 32.1 Å². The molecular weight excluding hydrogens is 250 g/mol. The number of thioether (sulfide) groups is 1. The number of hydrogen-bond donors (Lipinski definition) is 2. The van der Waals surface area contributed by atoms with Crippen molar-refractivity contribution in [2.45, 2.75) is 43.7 Å². The first kappa shape index (κ1) is 14.2. The van der Waals surface area contributed by atoms with Crippen molar-refractivity contribution in [1.29, 1.82) is 0 Å². The van der Waals surface area contributed by atoms with Gasteiger partial charge in [0.1, 0.15) is 5.54 Å². The highest BCUT2D eigenvalue weighted by molar-refractivity contribution is 7.99. The number of aliphatic hydroxyl groups is 1. The van der Waals surface area contributed by atoms with Gasteiger partial charge in [-0.05, 0) is 43.8 Å². The Balaban J connectivity index is 1.96. The van der Waals surface area contributed by atoms with E-state index in [-0.39, 0.29) is 12.6 Å². The largest absolute Gasteiger partial charge is 0.468 e. The van der Waals surface area contributed by atoms with Crippen molar-refractivity contribution in [3.8, 4) is 0 Å². The average Bonchev–Trinajstić information content (AvgIpc) is 3.24. The molecule has 0 radical (unpaired) electrons. The van der Waals surface area contributed by atoms with Crippen LogP contribution < -0.4 is 5.32 Å². The van der Waals surface area contributed by atoms with Crippen LogP contribution in [0.4, 0.5) is 0 Å². The van der Waals surface area contributed by atoms with Crippen LogP contribution in [0.2, 0.25) is 0 Å². The van der Waals surface area contributed by atoms with Gasteiger partial charge < -0.3 is 9.84 Å². The van der Waals surface area contributed by atoms with Gasteiger partial charge in [-0.15, -0.1) is 0 Å². The number of rotatable bonds is 9. The average molecular weight is 273 g/mol. The van der Waals surface area contributed by atoms with Crippen molar-refractivity contribution in [3.05, 3.63) is 0 Å². The third kappa shape index (κ3) is 3.39. The first-order valence-corrected chi connectivity index (χ1v) is 7.93. The zero-order chi connectivity index (χ0) is 13.0. The van der Waals surface area contributed by atoms with Crippen LogP contribution in [0.5, 0.6) is 0 Å². The molecule has 18 heavy (non-hydrogen) atoms. The minimum atomic E-state index is -0.476. The van der Waals surface area contributed by atoms with Crippen LogP contribution in [-0.4, -0.2) is 47.9 Å². The number of methoxy groups -OCH3 is 1. The van der Waals surface area contributed by atoms with Gasteiger partial charge in [0, 0.05) is 18.4 Å². The third-order valence-electron chi connectivity index (χ3n) is 3.64. The van der Waals surface area contributed by atoms with Crippen LogP contribution in [0, 0.1) is 5.92 Å². The van der Waals surface area contributed by atoms with E-state index in [1.54, 1.807) is 11.8 Å². The Morgan fingerprint density at radius 1 is 1.44 bits per heavy atom. The summed E-state index contributed by atoms with van der Waals surface area (Å²) in [5, 5.41) is 12.3. The van der Waals surface area contributed by atoms with Gasteiger partial charge in [-0.25, -0.2) is 0 Å². The molecule has 104 valence electrons. The molecule has 2 fully saturated rings. The normalized spacial score (nSPS) is 22.6. The quantitative estimate of drug-likeness (QED) is 0.488. The second-order valence-corrected chi connectivity index (χ2v) is 6.39. The molecule has 2 N–H and O–H groups in total. The Bertz CT molecular complexity index is 292. The number of aliphatic hydroxyl groups excluding tert-OH is 1. The van der Waals surface area contributed by atoms with Crippen molar-refractivity contribution in [1.82, 2.24) is 5.32 Å². The highest BCUT2D eigenvalue weighted by Gasteiger charge is 2.53. The van der Waals surface area contributed by atoms with Gasteiger partial charge in [0.05, 0.1) is 7.11 Å². The summed E-state index contributed by atoms with van der Waals surface area (Å²) in [4.78, 5) is 12.2. The Morgan fingerprint density at radius 2 is 2.17 bits per heavy atom. The van der Waals surface area contributed by atoms with Crippen molar-refractivity contribution >= 4 is 17.7 Å². The molecule has 5 heteroatoms. The molecule has 1 unspecified atom stereocenters. The maximum atomic E-state index is 12.2. The number of carbonyl (C=O) groups is 1. The molecule has 0 bridgehead atoms. The molecule has 0 spiro atoms. The fraction of sp³-hybridized carbons (Fsp3) is 0.923. The Morgan fingerprint density at radius 3 is 2.67 bits per heavy atom. The standard InChI is InChI=1S/C13H23NO3S/c1-17-12(16)13(10-3-4-10,14-11-5-6-11)9-18-8-2-7-15/h10-11,14-15H,2-9H2,1H3. The van der Waals surface area contributed by atoms with Crippen LogP contribution in [0.15, 0.2) is 0 Å². The number of esters is 1. The van der Waals surface area contributed by atoms with Crippen molar-refractivity contribution in [2.24, 2.45) is 5.92 Å². The van der Waals surface area contributed by atoms with Crippen LogP contribution in [0.25, 0.3) is 0 Å². The molecule has 0 amide bonds. The van der Waals surface area contributed by atoms with Crippen molar-refractivity contribution in [2.75, 3.05) is 25.2 Å². The number of carbonyl (C=O) groups excluding carboxylic acids is 1. The summed E-state index contributed by atoms with van der Waals surface area (Å²) in [5.41, 5.74) is -0.476. The monoisotopic (exact) mass is 273 g/mol. The van der Waals surface area contributed by atoms with Gasteiger partial charge in [-0.3, -0.25) is 10.1 Å². The molecule has 0 aliphatic heterocycles. The van der Waals surface area contributed by atoms with E-state index in [9.17, 15) is 4.79 Å².